The molecule has 5 heteroatoms. The van der Waals surface area contributed by atoms with E-state index < -0.39 is 0 Å². The van der Waals surface area contributed by atoms with Crippen molar-refractivity contribution in [3.63, 3.8) is 0 Å². The molecule has 1 aromatic carbocycles. The van der Waals surface area contributed by atoms with Gasteiger partial charge in [0.15, 0.2) is 0 Å². The summed E-state index contributed by atoms with van der Waals surface area (Å²) < 4.78 is 5.39. The van der Waals surface area contributed by atoms with Gasteiger partial charge in [-0.15, -0.1) is 5.10 Å². The molecule has 2 aromatic rings. The van der Waals surface area contributed by atoms with Crippen LogP contribution in [0.15, 0.2) is 36.5 Å². The topological polar surface area (TPSA) is 42.7 Å². The van der Waals surface area contributed by atoms with Crippen LogP contribution in [-0.2, 0) is 0 Å². The molecule has 0 radical (unpaired) electrons. The largest absolute Gasteiger partial charge is 0.255 e. The number of nitrogens with one attached hydrogen (secondary N) is 1. The molecule has 0 spiro atoms. The molecule has 2 rings (SSSR count). The molecule has 1 N–H and O–H groups in total. The molecule has 0 aliphatic carbocycles. The molecule has 0 fully saturated rings. The minimum Gasteiger partial charge on any atom is -0.255 e. The van der Waals surface area contributed by atoms with Gasteiger partial charge < -0.3 is 0 Å². The number of hydrogen-bond donors (Lipinski definition) is 1. The quantitative estimate of drug-likeness (QED) is 0.870. The van der Waals surface area contributed by atoms with Gasteiger partial charge in [0.25, 0.3) is 0 Å². The first kappa shape index (κ1) is 14.1. The Kier molecular flexibility index (Phi) is 4.27. The SMILES string of the molecule is CC(NSC(C)(C)C)c1cn(-c2ccccc2)nn1. The van der Waals surface area contributed by atoms with Gasteiger partial charge in [0.2, 0.25) is 0 Å². The molecule has 0 aliphatic heterocycles. The van der Waals surface area contributed by atoms with Crippen molar-refractivity contribution >= 4 is 11.9 Å². The Morgan fingerprint density at radius 1 is 1.21 bits per heavy atom. The number of para-hydroxylation sites is 1. The van der Waals surface area contributed by atoms with Crippen molar-refractivity contribution in [2.75, 3.05) is 0 Å². The minimum absolute atomic E-state index is 0.168. The Bertz CT molecular complexity index is 516. The zero-order valence-electron chi connectivity index (χ0n) is 11.8. The first-order valence-electron chi connectivity index (χ1n) is 6.37. The van der Waals surface area contributed by atoms with Crippen LogP contribution in [0.25, 0.3) is 5.69 Å². The zero-order chi connectivity index (χ0) is 13.9. The Labute approximate surface area is 118 Å². The third kappa shape index (κ3) is 4.08. The predicted octanol–water partition coefficient (Wildman–Crippen LogP) is 3.36. The Hall–Kier alpha value is -1.33. The van der Waals surface area contributed by atoms with Crippen molar-refractivity contribution < 1.29 is 0 Å². The van der Waals surface area contributed by atoms with Gasteiger partial charge in [0.1, 0.15) is 5.69 Å². The maximum atomic E-state index is 4.23. The van der Waals surface area contributed by atoms with Crippen LogP contribution in [0.1, 0.15) is 39.4 Å². The van der Waals surface area contributed by atoms with Crippen molar-refractivity contribution in [1.82, 2.24) is 19.7 Å². The summed E-state index contributed by atoms with van der Waals surface area (Å²) >= 11 is 1.71. The third-order valence-electron chi connectivity index (χ3n) is 2.52. The van der Waals surface area contributed by atoms with E-state index >= 15 is 0 Å². The number of nitrogens with zero attached hydrogens (tertiary/aromatic N) is 3. The molecule has 102 valence electrons. The molecule has 0 saturated carbocycles. The molecular formula is C14H20N4S. The van der Waals surface area contributed by atoms with E-state index in [0.29, 0.717) is 0 Å². The van der Waals surface area contributed by atoms with Gasteiger partial charge in [0.05, 0.1) is 17.9 Å². The molecule has 19 heavy (non-hydrogen) atoms. The van der Waals surface area contributed by atoms with Crippen LogP contribution in [0.2, 0.25) is 0 Å². The molecule has 1 heterocycles. The van der Waals surface area contributed by atoms with Gasteiger partial charge in [-0.1, -0.05) is 35.4 Å². The number of hydrogen-bond acceptors (Lipinski definition) is 4. The fraction of sp³-hybridized carbons (Fsp3) is 0.429. The molecule has 0 amide bonds. The van der Waals surface area contributed by atoms with Crippen LogP contribution in [0.4, 0.5) is 0 Å². The minimum atomic E-state index is 0.168. The summed E-state index contributed by atoms with van der Waals surface area (Å²) in [6.07, 6.45) is 1.97. The fourth-order valence-electron chi connectivity index (χ4n) is 1.51. The Balaban J connectivity index is 2.05. The summed E-state index contributed by atoms with van der Waals surface area (Å²) in [6.45, 7) is 8.63. The van der Waals surface area contributed by atoms with Gasteiger partial charge in [0, 0.05) is 4.75 Å². The van der Waals surface area contributed by atoms with E-state index in [1.54, 1.807) is 16.6 Å². The molecule has 1 atom stereocenters. The van der Waals surface area contributed by atoms with Crippen LogP contribution in [-0.4, -0.2) is 19.7 Å². The Morgan fingerprint density at radius 2 is 1.89 bits per heavy atom. The average Bonchev–Trinajstić information content (AvgIpc) is 2.86. The van der Waals surface area contributed by atoms with Crippen LogP contribution in [0.3, 0.4) is 0 Å². The van der Waals surface area contributed by atoms with Crippen molar-refractivity contribution in [3.05, 3.63) is 42.2 Å². The highest BCUT2D eigenvalue weighted by Gasteiger charge is 2.15. The first-order chi connectivity index (χ1) is 8.96. The summed E-state index contributed by atoms with van der Waals surface area (Å²) in [5, 5.41) is 8.40. The zero-order valence-corrected chi connectivity index (χ0v) is 12.6. The molecule has 0 saturated heterocycles. The summed E-state index contributed by atoms with van der Waals surface area (Å²) in [5.74, 6) is 0. The monoisotopic (exact) mass is 276 g/mol. The van der Waals surface area contributed by atoms with E-state index in [1.165, 1.54) is 0 Å². The van der Waals surface area contributed by atoms with E-state index in [4.69, 9.17) is 0 Å². The number of benzene rings is 1. The number of rotatable bonds is 4. The lowest BCUT2D eigenvalue weighted by Crippen LogP contribution is -2.20. The lowest BCUT2D eigenvalue weighted by molar-refractivity contribution is 0.697. The summed E-state index contributed by atoms with van der Waals surface area (Å²) in [7, 11) is 0. The number of aromatic nitrogens is 3. The van der Waals surface area contributed by atoms with E-state index in [9.17, 15) is 0 Å². The molecule has 4 nitrogen and oxygen atoms in total. The smallest absolute Gasteiger partial charge is 0.101 e. The fourth-order valence-corrected chi connectivity index (χ4v) is 2.16. The standard InChI is InChI=1S/C14H20N4S/c1-11(16-19-14(2,3)4)13-10-18(17-15-13)12-8-6-5-7-9-12/h5-11,16H,1-4H3. The average molecular weight is 276 g/mol. The van der Waals surface area contributed by atoms with Gasteiger partial charge in [-0.25, -0.2) is 4.68 Å². The molecule has 0 aliphatic rings. The van der Waals surface area contributed by atoms with Crippen molar-refractivity contribution in [1.29, 1.82) is 0 Å². The maximum absolute atomic E-state index is 4.23. The second-order valence-corrected chi connectivity index (χ2v) is 7.14. The third-order valence-corrected chi connectivity index (χ3v) is 3.60. The molecule has 0 bridgehead atoms. The highest BCUT2D eigenvalue weighted by Crippen LogP contribution is 2.23. The van der Waals surface area contributed by atoms with Gasteiger partial charge in [-0.2, -0.15) is 0 Å². The predicted molar refractivity (Wildman–Crippen MR) is 80.3 cm³/mol. The van der Waals surface area contributed by atoms with Crippen molar-refractivity contribution in [2.45, 2.75) is 38.5 Å². The van der Waals surface area contributed by atoms with Crippen LogP contribution in [0.5, 0.6) is 0 Å². The molecular weight excluding hydrogens is 256 g/mol. The maximum Gasteiger partial charge on any atom is 0.101 e. The van der Waals surface area contributed by atoms with Crippen LogP contribution < -0.4 is 4.72 Å². The second kappa shape index (κ2) is 5.75. The Morgan fingerprint density at radius 3 is 2.53 bits per heavy atom. The van der Waals surface area contributed by atoms with Crippen molar-refractivity contribution in [2.24, 2.45) is 0 Å². The van der Waals surface area contributed by atoms with Gasteiger partial charge >= 0.3 is 0 Å². The first-order valence-corrected chi connectivity index (χ1v) is 7.18. The van der Waals surface area contributed by atoms with Crippen LogP contribution in [0, 0.1) is 0 Å². The summed E-state index contributed by atoms with van der Waals surface area (Å²) in [4.78, 5) is 0. The highest BCUT2D eigenvalue weighted by atomic mass is 32.2. The lowest BCUT2D eigenvalue weighted by atomic mass is 10.3. The summed E-state index contributed by atoms with van der Waals surface area (Å²) in [6, 6.07) is 10.2. The molecule has 1 unspecified atom stereocenters. The van der Waals surface area contributed by atoms with E-state index in [1.807, 2.05) is 36.5 Å². The lowest BCUT2D eigenvalue weighted by Gasteiger charge is -2.20. The van der Waals surface area contributed by atoms with Crippen LogP contribution >= 0.6 is 11.9 Å². The highest BCUT2D eigenvalue weighted by molar-refractivity contribution is 7.98. The van der Waals surface area contributed by atoms with E-state index in [0.717, 1.165) is 11.4 Å². The van der Waals surface area contributed by atoms with Crippen molar-refractivity contribution in [3.8, 4) is 5.69 Å². The second-order valence-electron chi connectivity index (χ2n) is 5.48. The molecule has 1 aromatic heterocycles. The van der Waals surface area contributed by atoms with Gasteiger partial charge in [-0.05, 0) is 39.8 Å². The van der Waals surface area contributed by atoms with Gasteiger partial charge in [-0.3, -0.25) is 4.72 Å². The van der Waals surface area contributed by atoms with E-state index in [-0.39, 0.29) is 10.8 Å². The normalized spacial score (nSPS) is 13.5. The van der Waals surface area contributed by atoms with E-state index in [2.05, 4.69) is 42.7 Å². The summed E-state index contributed by atoms with van der Waals surface area (Å²) in [5.41, 5.74) is 1.97.